The number of carbonyl (C=O) groups excluding carboxylic acids is 3. The molecule has 1 N–H and O–H groups in total. The lowest BCUT2D eigenvalue weighted by Crippen LogP contribution is -2.26. The average Bonchev–Trinajstić information content (AvgIpc) is 2.94. The number of thioether (sulfide) groups is 1. The number of rotatable bonds is 8. The van der Waals surface area contributed by atoms with Gasteiger partial charge in [0.2, 0.25) is 5.78 Å². The zero-order chi connectivity index (χ0) is 21.7. The minimum Gasteiger partial charge on any atom is -0.462 e. The Morgan fingerprint density at radius 2 is 1.83 bits per heavy atom. The predicted molar refractivity (Wildman–Crippen MR) is 113 cm³/mol. The smallest absolute Gasteiger partial charge is 0.340 e. The normalized spacial score (nSPS) is 11.8. The van der Waals surface area contributed by atoms with Gasteiger partial charge >= 0.3 is 11.9 Å². The third kappa shape index (κ3) is 5.50. The fourth-order valence-electron chi connectivity index (χ4n) is 3.09. The molecule has 0 unspecified atom stereocenters. The summed E-state index contributed by atoms with van der Waals surface area (Å²) in [5, 5.41) is 0. The Bertz CT molecular complexity index is 932. The maximum atomic E-state index is 12.7. The van der Waals surface area contributed by atoms with Crippen molar-refractivity contribution in [2.75, 3.05) is 12.4 Å². The van der Waals surface area contributed by atoms with Gasteiger partial charge in [0, 0.05) is 10.6 Å². The van der Waals surface area contributed by atoms with Gasteiger partial charge in [-0.2, -0.15) is 0 Å². The Labute approximate surface area is 175 Å². The summed E-state index contributed by atoms with van der Waals surface area (Å²) in [4.78, 5) is 41.0. The number of nitrogens with one attached hydrogen (secondary N) is 1. The van der Waals surface area contributed by atoms with E-state index in [9.17, 15) is 14.4 Å². The van der Waals surface area contributed by atoms with Crippen LogP contribution in [0.5, 0.6) is 0 Å². The minimum atomic E-state index is -0.964. The summed E-state index contributed by atoms with van der Waals surface area (Å²) < 4.78 is 10.4. The van der Waals surface area contributed by atoms with Gasteiger partial charge in [0.15, 0.2) is 6.10 Å². The van der Waals surface area contributed by atoms with Crippen molar-refractivity contribution in [1.82, 2.24) is 4.98 Å². The first-order valence-corrected chi connectivity index (χ1v) is 10.4. The zero-order valence-corrected chi connectivity index (χ0v) is 18.5. The molecular weight excluding hydrogens is 390 g/mol. The molecule has 0 radical (unpaired) electrons. The average molecular weight is 418 g/mol. The molecule has 7 heteroatoms. The number of H-pyrrole nitrogens is 1. The summed E-state index contributed by atoms with van der Waals surface area (Å²) in [5.74, 6) is -1.22. The second kappa shape index (κ2) is 9.78. The number of aromatic amines is 1. The van der Waals surface area contributed by atoms with Crippen molar-refractivity contribution in [2.45, 2.75) is 52.5 Å². The van der Waals surface area contributed by atoms with Crippen molar-refractivity contribution in [3.8, 4) is 0 Å². The molecule has 2 aromatic rings. The van der Waals surface area contributed by atoms with Gasteiger partial charge in [0.05, 0.1) is 23.6 Å². The van der Waals surface area contributed by atoms with E-state index >= 15 is 0 Å². The van der Waals surface area contributed by atoms with E-state index in [0.717, 1.165) is 16.0 Å². The molecule has 29 heavy (non-hydrogen) atoms. The Balaban J connectivity index is 2.02. The van der Waals surface area contributed by atoms with Crippen molar-refractivity contribution in [1.29, 1.82) is 0 Å². The van der Waals surface area contributed by atoms with E-state index in [4.69, 9.17) is 9.47 Å². The lowest BCUT2D eigenvalue weighted by Gasteiger charge is -2.13. The highest BCUT2D eigenvalue weighted by atomic mass is 32.2. The Kier molecular flexibility index (Phi) is 7.67. The third-order valence-electron chi connectivity index (χ3n) is 4.52. The van der Waals surface area contributed by atoms with E-state index in [1.165, 1.54) is 18.7 Å². The number of benzene rings is 1. The fourth-order valence-corrected chi connectivity index (χ4v) is 3.88. The number of ketones is 1. The lowest BCUT2D eigenvalue weighted by molar-refractivity contribution is -0.143. The van der Waals surface area contributed by atoms with Gasteiger partial charge in [-0.1, -0.05) is 17.7 Å². The number of hydrogen-bond acceptors (Lipinski definition) is 6. The number of aryl methyl sites for hydroxylation is 3. The summed E-state index contributed by atoms with van der Waals surface area (Å²) in [6.07, 6.45) is -0.964. The van der Waals surface area contributed by atoms with Crippen LogP contribution in [0.1, 0.15) is 57.1 Å². The van der Waals surface area contributed by atoms with E-state index in [0.29, 0.717) is 16.8 Å². The molecule has 0 aliphatic carbocycles. The van der Waals surface area contributed by atoms with Crippen molar-refractivity contribution in [2.24, 2.45) is 0 Å². The van der Waals surface area contributed by atoms with Gasteiger partial charge in [-0.25, -0.2) is 4.79 Å². The van der Waals surface area contributed by atoms with Gasteiger partial charge in [0.1, 0.15) is 0 Å². The first-order chi connectivity index (χ1) is 13.6. The van der Waals surface area contributed by atoms with Crippen molar-refractivity contribution >= 4 is 29.5 Å². The molecule has 1 heterocycles. The van der Waals surface area contributed by atoms with Gasteiger partial charge in [-0.3, -0.25) is 9.59 Å². The quantitative estimate of drug-likeness (QED) is 0.391. The highest BCUT2D eigenvalue weighted by Gasteiger charge is 2.27. The van der Waals surface area contributed by atoms with Crippen LogP contribution in [0.25, 0.3) is 0 Å². The Morgan fingerprint density at radius 1 is 1.14 bits per heavy atom. The maximum absolute atomic E-state index is 12.7. The summed E-state index contributed by atoms with van der Waals surface area (Å²) in [7, 11) is 0. The molecule has 0 aliphatic rings. The van der Waals surface area contributed by atoms with Crippen LogP contribution in [0.4, 0.5) is 0 Å². The van der Waals surface area contributed by atoms with E-state index in [2.05, 4.69) is 11.1 Å². The van der Waals surface area contributed by atoms with Gasteiger partial charge in [-0.15, -0.1) is 11.8 Å². The zero-order valence-electron chi connectivity index (χ0n) is 17.7. The molecule has 2 rings (SSSR count). The molecule has 0 spiro atoms. The molecule has 1 aromatic carbocycles. The minimum absolute atomic E-state index is 0.109. The topological polar surface area (TPSA) is 85.5 Å². The Hall–Kier alpha value is -2.54. The van der Waals surface area contributed by atoms with Gasteiger partial charge < -0.3 is 14.5 Å². The number of carbonyl (C=O) groups is 3. The molecular formula is C22H27NO5S. The number of esters is 2. The largest absolute Gasteiger partial charge is 0.462 e. The van der Waals surface area contributed by atoms with Crippen LogP contribution < -0.4 is 0 Å². The van der Waals surface area contributed by atoms with Crippen LogP contribution in [-0.4, -0.2) is 41.2 Å². The molecule has 0 bridgehead atoms. The number of hydrogen-bond donors (Lipinski definition) is 1. The highest BCUT2D eigenvalue weighted by Crippen LogP contribution is 2.24. The monoisotopic (exact) mass is 417 g/mol. The Morgan fingerprint density at radius 3 is 2.45 bits per heavy atom. The number of Topliss-reactive ketones (excluding diaryl/α,β-unsaturated/α-hetero) is 1. The number of aromatic nitrogens is 1. The standard InChI is InChI=1S/C22H27NO5S/c1-7-27-22(26)19-14(4)20(23-15(19)5)21(25)16(6)28-18(24)11-29-17-9-8-12(2)10-13(17)3/h8-10,16,23H,7,11H2,1-6H3/t16-/m0/s1. The van der Waals surface area contributed by atoms with Crippen LogP contribution in [-0.2, 0) is 14.3 Å². The van der Waals surface area contributed by atoms with Crippen LogP contribution in [0.15, 0.2) is 23.1 Å². The first-order valence-electron chi connectivity index (χ1n) is 9.45. The summed E-state index contributed by atoms with van der Waals surface area (Å²) in [6, 6.07) is 6.01. The summed E-state index contributed by atoms with van der Waals surface area (Å²) in [5.41, 5.74) is 3.90. The summed E-state index contributed by atoms with van der Waals surface area (Å²) in [6.45, 7) is 10.9. The first kappa shape index (κ1) is 22.7. The summed E-state index contributed by atoms with van der Waals surface area (Å²) >= 11 is 1.38. The third-order valence-corrected chi connectivity index (χ3v) is 5.67. The molecule has 6 nitrogen and oxygen atoms in total. The van der Waals surface area contributed by atoms with E-state index in [1.807, 2.05) is 26.0 Å². The molecule has 1 aromatic heterocycles. The van der Waals surface area contributed by atoms with Gasteiger partial charge in [0.25, 0.3) is 0 Å². The van der Waals surface area contributed by atoms with E-state index in [1.54, 1.807) is 20.8 Å². The second-order valence-corrected chi connectivity index (χ2v) is 7.92. The molecule has 0 fully saturated rings. The van der Waals surface area contributed by atoms with Gasteiger partial charge in [-0.05, 0) is 58.7 Å². The predicted octanol–water partition coefficient (Wildman–Crippen LogP) is 4.33. The van der Waals surface area contributed by atoms with Crippen molar-refractivity contribution < 1.29 is 23.9 Å². The highest BCUT2D eigenvalue weighted by molar-refractivity contribution is 8.00. The molecule has 0 amide bonds. The maximum Gasteiger partial charge on any atom is 0.340 e. The van der Waals surface area contributed by atoms with E-state index in [-0.39, 0.29) is 23.8 Å². The molecule has 0 saturated carbocycles. The number of ether oxygens (including phenoxy) is 2. The fraction of sp³-hybridized carbons (Fsp3) is 0.409. The molecule has 1 atom stereocenters. The second-order valence-electron chi connectivity index (χ2n) is 6.90. The molecule has 0 aliphatic heterocycles. The SMILES string of the molecule is CCOC(=O)c1c(C)[nH]c(C(=O)[C@H](C)OC(=O)CSc2ccc(C)cc2C)c1C. The molecule has 156 valence electrons. The lowest BCUT2D eigenvalue weighted by atomic mass is 10.1. The van der Waals surface area contributed by atoms with Crippen LogP contribution in [0.2, 0.25) is 0 Å². The van der Waals surface area contributed by atoms with Crippen LogP contribution in [0.3, 0.4) is 0 Å². The molecule has 0 saturated heterocycles. The van der Waals surface area contributed by atoms with Crippen LogP contribution in [0, 0.1) is 27.7 Å². The van der Waals surface area contributed by atoms with Crippen LogP contribution >= 0.6 is 11.8 Å². The van der Waals surface area contributed by atoms with Crippen molar-refractivity contribution in [3.63, 3.8) is 0 Å². The van der Waals surface area contributed by atoms with Crippen molar-refractivity contribution in [3.05, 3.63) is 51.8 Å². The van der Waals surface area contributed by atoms with E-state index < -0.39 is 18.0 Å².